The molecule has 0 spiro atoms. The van der Waals surface area contributed by atoms with E-state index in [1.54, 1.807) is 24.3 Å². The fourth-order valence-electron chi connectivity index (χ4n) is 1.78. The van der Waals surface area contributed by atoms with E-state index in [4.69, 9.17) is 21.6 Å². The number of hydrogen-bond donors (Lipinski definition) is 1. The van der Waals surface area contributed by atoms with Crippen LogP contribution in [0.25, 0.3) is 0 Å². The molecule has 0 bridgehead atoms. The van der Waals surface area contributed by atoms with Gasteiger partial charge in [0.05, 0.1) is 24.4 Å². The van der Waals surface area contributed by atoms with E-state index < -0.39 is 0 Å². The molecule has 102 valence electrons. The summed E-state index contributed by atoms with van der Waals surface area (Å²) in [5.41, 5.74) is 1.65. The molecule has 2 aromatic rings. The smallest absolute Gasteiger partial charge is 0.143 e. The summed E-state index contributed by atoms with van der Waals surface area (Å²) in [6.45, 7) is 0.272. The van der Waals surface area contributed by atoms with Gasteiger partial charge in [0.15, 0.2) is 0 Å². The highest BCUT2D eigenvalue weighted by Gasteiger charge is 2.07. The number of nitrogens with zero attached hydrogens (tertiary/aromatic N) is 1. The molecule has 0 aliphatic heterocycles. The van der Waals surface area contributed by atoms with Crippen molar-refractivity contribution in [3.05, 3.63) is 58.4 Å². The van der Waals surface area contributed by atoms with Crippen molar-refractivity contribution in [3.63, 3.8) is 0 Å². The third-order valence-electron chi connectivity index (χ3n) is 2.81. The van der Waals surface area contributed by atoms with Gasteiger partial charge in [0.25, 0.3) is 0 Å². The Morgan fingerprint density at radius 1 is 1.30 bits per heavy atom. The monoisotopic (exact) mass is 290 g/mol. The number of methoxy groups -OCH3 is 1. The van der Waals surface area contributed by atoms with Crippen molar-refractivity contribution in [1.82, 2.24) is 0 Å². The first-order valence-corrected chi connectivity index (χ1v) is 6.28. The van der Waals surface area contributed by atoms with Gasteiger partial charge >= 0.3 is 0 Å². The number of halogens is 2. The molecule has 0 amide bonds. The predicted octanol–water partition coefficient (Wildman–Crippen LogP) is 3.97. The molecule has 3 nitrogen and oxygen atoms in total. The SMILES string of the molecule is COc1cc(C#N)ccc1NCc1cc(Cl)ccc1F. The van der Waals surface area contributed by atoms with Crippen LogP contribution in [0, 0.1) is 17.1 Å². The van der Waals surface area contributed by atoms with Crippen LogP contribution >= 0.6 is 11.6 Å². The van der Waals surface area contributed by atoms with E-state index in [0.29, 0.717) is 27.6 Å². The van der Waals surface area contributed by atoms with Crippen LogP contribution in [0.15, 0.2) is 36.4 Å². The van der Waals surface area contributed by atoms with E-state index in [-0.39, 0.29) is 12.4 Å². The van der Waals surface area contributed by atoms with Crippen molar-refractivity contribution >= 4 is 17.3 Å². The summed E-state index contributed by atoms with van der Waals surface area (Å²) >= 11 is 5.84. The van der Waals surface area contributed by atoms with Gasteiger partial charge in [0.1, 0.15) is 11.6 Å². The first-order valence-electron chi connectivity index (χ1n) is 5.90. The molecule has 0 saturated carbocycles. The molecule has 2 rings (SSSR count). The topological polar surface area (TPSA) is 45.0 Å². The van der Waals surface area contributed by atoms with E-state index in [1.165, 1.54) is 19.2 Å². The van der Waals surface area contributed by atoms with Crippen molar-refractivity contribution in [2.75, 3.05) is 12.4 Å². The number of hydrogen-bond acceptors (Lipinski definition) is 3. The van der Waals surface area contributed by atoms with Crippen LogP contribution in [0.3, 0.4) is 0 Å². The van der Waals surface area contributed by atoms with E-state index in [9.17, 15) is 4.39 Å². The maximum Gasteiger partial charge on any atom is 0.143 e. The van der Waals surface area contributed by atoms with Gasteiger partial charge in [-0.25, -0.2) is 4.39 Å². The first-order chi connectivity index (χ1) is 9.63. The van der Waals surface area contributed by atoms with Gasteiger partial charge in [-0.15, -0.1) is 0 Å². The van der Waals surface area contributed by atoms with E-state index in [1.807, 2.05) is 6.07 Å². The Morgan fingerprint density at radius 2 is 2.10 bits per heavy atom. The van der Waals surface area contributed by atoms with Gasteiger partial charge in [-0.05, 0) is 30.3 Å². The Hall–Kier alpha value is -2.25. The van der Waals surface area contributed by atoms with Crippen molar-refractivity contribution in [2.24, 2.45) is 0 Å². The standard InChI is InChI=1S/C15H12ClFN2O/c1-20-15-6-10(8-18)2-5-14(15)19-9-11-7-12(16)3-4-13(11)17/h2-7,19H,9H2,1H3. The van der Waals surface area contributed by atoms with Gasteiger partial charge in [0, 0.05) is 23.2 Å². The normalized spacial score (nSPS) is 9.90. The lowest BCUT2D eigenvalue weighted by Gasteiger charge is -2.12. The molecule has 0 heterocycles. The number of ether oxygens (including phenoxy) is 1. The lowest BCUT2D eigenvalue weighted by molar-refractivity contribution is 0.416. The first kappa shape index (κ1) is 14.2. The summed E-state index contributed by atoms with van der Waals surface area (Å²) < 4.78 is 18.8. The summed E-state index contributed by atoms with van der Waals surface area (Å²) in [4.78, 5) is 0. The fourth-order valence-corrected chi connectivity index (χ4v) is 1.97. The molecule has 0 aliphatic rings. The van der Waals surface area contributed by atoms with Crippen LogP contribution in [0.1, 0.15) is 11.1 Å². The molecule has 2 aromatic carbocycles. The zero-order valence-corrected chi connectivity index (χ0v) is 11.5. The molecule has 0 fully saturated rings. The summed E-state index contributed by atoms with van der Waals surface area (Å²) in [5.74, 6) is 0.209. The molecule has 0 unspecified atom stereocenters. The van der Waals surface area contributed by atoms with Crippen molar-refractivity contribution < 1.29 is 9.13 Å². The Morgan fingerprint density at radius 3 is 2.80 bits per heavy atom. The molecule has 0 saturated heterocycles. The minimum absolute atomic E-state index is 0.272. The minimum atomic E-state index is -0.325. The van der Waals surface area contributed by atoms with Crippen LogP contribution in [-0.2, 0) is 6.54 Å². The van der Waals surface area contributed by atoms with Crippen LogP contribution in [0.4, 0.5) is 10.1 Å². The summed E-state index contributed by atoms with van der Waals surface area (Å²) in [6.07, 6.45) is 0. The minimum Gasteiger partial charge on any atom is -0.495 e. The van der Waals surface area contributed by atoms with Crippen LogP contribution in [-0.4, -0.2) is 7.11 Å². The molecule has 0 radical (unpaired) electrons. The molecular formula is C15H12ClFN2O. The van der Waals surface area contributed by atoms with Crippen molar-refractivity contribution in [1.29, 1.82) is 5.26 Å². The van der Waals surface area contributed by atoms with Gasteiger partial charge in [0.2, 0.25) is 0 Å². The van der Waals surface area contributed by atoms with Crippen molar-refractivity contribution in [3.8, 4) is 11.8 Å². The molecule has 20 heavy (non-hydrogen) atoms. The average Bonchev–Trinajstić information content (AvgIpc) is 2.48. The Kier molecular flexibility index (Phi) is 4.44. The van der Waals surface area contributed by atoms with E-state index in [0.717, 1.165) is 0 Å². The lowest BCUT2D eigenvalue weighted by Crippen LogP contribution is -2.03. The predicted molar refractivity (Wildman–Crippen MR) is 76.4 cm³/mol. The van der Waals surface area contributed by atoms with Gasteiger partial charge < -0.3 is 10.1 Å². The van der Waals surface area contributed by atoms with Gasteiger partial charge in [-0.3, -0.25) is 0 Å². The zero-order valence-electron chi connectivity index (χ0n) is 10.8. The number of benzene rings is 2. The largest absolute Gasteiger partial charge is 0.495 e. The third kappa shape index (κ3) is 3.19. The third-order valence-corrected chi connectivity index (χ3v) is 3.04. The molecule has 0 aliphatic carbocycles. The Labute approximate surface area is 121 Å². The number of nitrogens with one attached hydrogen (secondary N) is 1. The number of anilines is 1. The van der Waals surface area contributed by atoms with Crippen LogP contribution < -0.4 is 10.1 Å². The lowest BCUT2D eigenvalue weighted by atomic mass is 10.1. The molecule has 0 aromatic heterocycles. The van der Waals surface area contributed by atoms with Crippen LogP contribution in [0.5, 0.6) is 5.75 Å². The number of nitriles is 1. The highest BCUT2D eigenvalue weighted by molar-refractivity contribution is 6.30. The molecule has 1 N–H and O–H groups in total. The summed E-state index contributed by atoms with van der Waals surface area (Å²) in [5, 5.41) is 12.4. The molecule has 5 heteroatoms. The highest BCUT2D eigenvalue weighted by Crippen LogP contribution is 2.26. The van der Waals surface area contributed by atoms with Crippen LogP contribution in [0.2, 0.25) is 5.02 Å². The second kappa shape index (κ2) is 6.27. The number of rotatable bonds is 4. The second-order valence-electron chi connectivity index (χ2n) is 4.12. The van der Waals surface area contributed by atoms with E-state index >= 15 is 0 Å². The maximum atomic E-state index is 13.6. The van der Waals surface area contributed by atoms with Crippen molar-refractivity contribution in [2.45, 2.75) is 6.54 Å². The van der Waals surface area contributed by atoms with E-state index in [2.05, 4.69) is 5.32 Å². The quantitative estimate of drug-likeness (QED) is 0.926. The van der Waals surface area contributed by atoms with Gasteiger partial charge in [-0.2, -0.15) is 5.26 Å². The zero-order chi connectivity index (χ0) is 14.5. The second-order valence-corrected chi connectivity index (χ2v) is 4.55. The summed E-state index contributed by atoms with van der Waals surface area (Å²) in [6, 6.07) is 11.4. The maximum absolute atomic E-state index is 13.6. The summed E-state index contributed by atoms with van der Waals surface area (Å²) in [7, 11) is 1.52. The average molecular weight is 291 g/mol. The Balaban J connectivity index is 2.19. The highest BCUT2D eigenvalue weighted by atomic mass is 35.5. The van der Waals surface area contributed by atoms with Gasteiger partial charge in [-0.1, -0.05) is 11.6 Å². The fraction of sp³-hybridized carbons (Fsp3) is 0.133. The Bertz CT molecular complexity index is 667. The molecular weight excluding hydrogens is 279 g/mol. The molecule has 0 atom stereocenters.